The number of urea groups is 1. The lowest BCUT2D eigenvalue weighted by molar-refractivity contribution is -0.120. The third kappa shape index (κ3) is 5.33. The van der Waals surface area contributed by atoms with Gasteiger partial charge in [0.1, 0.15) is 0 Å². The molecular weight excluding hydrogens is 354 g/mol. The molecule has 0 aromatic heterocycles. The van der Waals surface area contributed by atoms with Crippen LogP contribution in [0.15, 0.2) is 48.5 Å². The molecule has 2 aromatic rings. The van der Waals surface area contributed by atoms with Crippen molar-refractivity contribution >= 4 is 23.3 Å². The smallest absolute Gasteiger partial charge is 0.326 e. The summed E-state index contributed by atoms with van der Waals surface area (Å²) in [4.78, 5) is 26.5. The molecule has 2 N–H and O–H groups in total. The van der Waals surface area contributed by atoms with Gasteiger partial charge in [-0.1, -0.05) is 30.3 Å². The summed E-state index contributed by atoms with van der Waals surface area (Å²) in [5.74, 6) is -0.0463. The third-order valence-corrected chi connectivity index (χ3v) is 4.80. The number of aryl methyl sites for hydroxylation is 1. The van der Waals surface area contributed by atoms with Crippen molar-refractivity contribution < 1.29 is 14.3 Å². The number of fused-ring (bicyclic) bond motifs is 1. The first-order chi connectivity index (χ1) is 13.7. The minimum absolute atomic E-state index is 0.0463. The molecule has 6 heteroatoms. The number of hydrogen-bond donors (Lipinski definition) is 2. The Labute approximate surface area is 165 Å². The molecule has 28 heavy (non-hydrogen) atoms. The SMILES string of the molecule is COCCNC(=O)Cc1ccc(NC(=O)N2CCCCc3ccccc32)cc1. The van der Waals surface area contributed by atoms with Crippen LogP contribution in [-0.4, -0.2) is 38.7 Å². The monoisotopic (exact) mass is 381 g/mol. The average Bonchev–Trinajstić information content (AvgIpc) is 2.92. The molecule has 3 rings (SSSR count). The Balaban J connectivity index is 1.60. The van der Waals surface area contributed by atoms with Gasteiger partial charge in [0.05, 0.1) is 13.0 Å². The fraction of sp³-hybridized carbons (Fsp3) is 0.364. The number of carbonyl (C=O) groups excluding carboxylic acids is 2. The summed E-state index contributed by atoms with van der Waals surface area (Å²) in [5, 5.41) is 5.77. The van der Waals surface area contributed by atoms with Gasteiger partial charge in [0, 0.05) is 31.6 Å². The van der Waals surface area contributed by atoms with Gasteiger partial charge in [-0.05, 0) is 48.6 Å². The summed E-state index contributed by atoms with van der Waals surface area (Å²) in [6, 6.07) is 15.3. The highest BCUT2D eigenvalue weighted by Gasteiger charge is 2.20. The van der Waals surface area contributed by atoms with E-state index in [0.29, 0.717) is 26.1 Å². The molecule has 0 aliphatic carbocycles. The molecule has 0 radical (unpaired) electrons. The van der Waals surface area contributed by atoms with Crippen molar-refractivity contribution in [3.8, 4) is 0 Å². The summed E-state index contributed by atoms with van der Waals surface area (Å²) >= 11 is 0. The predicted octanol–water partition coefficient (Wildman–Crippen LogP) is 3.37. The normalized spacial score (nSPS) is 13.4. The molecule has 0 bridgehead atoms. The number of para-hydroxylation sites is 1. The zero-order valence-electron chi connectivity index (χ0n) is 16.2. The van der Waals surface area contributed by atoms with Crippen LogP contribution in [0.1, 0.15) is 24.0 Å². The van der Waals surface area contributed by atoms with Gasteiger partial charge in [0.15, 0.2) is 0 Å². The third-order valence-electron chi connectivity index (χ3n) is 4.80. The molecule has 1 aliphatic heterocycles. The van der Waals surface area contributed by atoms with Crippen LogP contribution < -0.4 is 15.5 Å². The predicted molar refractivity (Wildman–Crippen MR) is 111 cm³/mol. The van der Waals surface area contributed by atoms with Gasteiger partial charge in [0.25, 0.3) is 0 Å². The lowest BCUT2D eigenvalue weighted by Gasteiger charge is -2.23. The number of ether oxygens (including phenoxy) is 1. The number of anilines is 2. The number of hydrogen-bond acceptors (Lipinski definition) is 3. The van der Waals surface area contributed by atoms with Gasteiger partial charge < -0.3 is 15.4 Å². The van der Waals surface area contributed by atoms with Crippen molar-refractivity contribution in [2.45, 2.75) is 25.7 Å². The number of nitrogens with one attached hydrogen (secondary N) is 2. The molecule has 2 aromatic carbocycles. The van der Waals surface area contributed by atoms with Gasteiger partial charge >= 0.3 is 6.03 Å². The van der Waals surface area contributed by atoms with Crippen molar-refractivity contribution in [1.29, 1.82) is 0 Å². The van der Waals surface area contributed by atoms with Crippen LogP contribution >= 0.6 is 0 Å². The molecule has 148 valence electrons. The Morgan fingerprint density at radius 1 is 1.07 bits per heavy atom. The molecular formula is C22H27N3O3. The van der Waals surface area contributed by atoms with Gasteiger partial charge in [-0.2, -0.15) is 0 Å². The topological polar surface area (TPSA) is 70.7 Å². The molecule has 0 saturated heterocycles. The Morgan fingerprint density at radius 3 is 2.64 bits per heavy atom. The highest BCUT2D eigenvalue weighted by Crippen LogP contribution is 2.26. The zero-order valence-corrected chi connectivity index (χ0v) is 16.2. The largest absolute Gasteiger partial charge is 0.383 e. The van der Waals surface area contributed by atoms with Crippen LogP contribution in [-0.2, 0) is 22.4 Å². The minimum atomic E-state index is -0.126. The van der Waals surface area contributed by atoms with E-state index in [1.807, 2.05) is 47.4 Å². The number of nitrogens with zero attached hydrogens (tertiary/aromatic N) is 1. The van der Waals surface area contributed by atoms with Gasteiger partial charge in [-0.15, -0.1) is 0 Å². The lowest BCUT2D eigenvalue weighted by atomic mass is 10.1. The molecule has 6 nitrogen and oxygen atoms in total. The maximum absolute atomic E-state index is 12.8. The van der Waals surface area contributed by atoms with Gasteiger partial charge in [-0.3, -0.25) is 9.69 Å². The van der Waals surface area contributed by atoms with Crippen molar-refractivity contribution in [3.63, 3.8) is 0 Å². The standard InChI is InChI=1S/C22H27N3O3/c1-28-15-13-23-21(26)16-17-9-11-19(12-10-17)24-22(27)25-14-5-4-7-18-6-2-3-8-20(18)25/h2-3,6,8-12H,4-5,7,13-16H2,1H3,(H,23,26)(H,24,27). The van der Waals surface area contributed by atoms with E-state index in [4.69, 9.17) is 4.74 Å². The van der Waals surface area contributed by atoms with Crippen molar-refractivity contribution in [2.75, 3.05) is 37.0 Å². The van der Waals surface area contributed by atoms with Crippen LogP contribution in [0.3, 0.4) is 0 Å². The van der Waals surface area contributed by atoms with E-state index < -0.39 is 0 Å². The first-order valence-electron chi connectivity index (χ1n) is 9.68. The first kappa shape index (κ1) is 19.9. The Kier molecular flexibility index (Phi) is 7.03. The van der Waals surface area contributed by atoms with Crippen molar-refractivity contribution in [1.82, 2.24) is 5.32 Å². The molecule has 0 fully saturated rings. The van der Waals surface area contributed by atoms with Crippen LogP contribution in [0.5, 0.6) is 0 Å². The van der Waals surface area contributed by atoms with Crippen LogP contribution in [0.2, 0.25) is 0 Å². The van der Waals surface area contributed by atoms with Crippen LogP contribution in [0.4, 0.5) is 16.2 Å². The van der Waals surface area contributed by atoms with Crippen molar-refractivity contribution in [3.05, 3.63) is 59.7 Å². The molecule has 1 aliphatic rings. The number of benzene rings is 2. The molecule has 0 spiro atoms. The van der Waals surface area contributed by atoms with E-state index in [1.165, 1.54) is 5.56 Å². The Bertz CT molecular complexity index is 805. The summed E-state index contributed by atoms with van der Waals surface area (Å²) in [7, 11) is 1.60. The zero-order chi connectivity index (χ0) is 19.8. The number of rotatable bonds is 6. The second-order valence-electron chi connectivity index (χ2n) is 6.88. The average molecular weight is 381 g/mol. The fourth-order valence-electron chi connectivity index (χ4n) is 3.34. The second kappa shape index (κ2) is 9.90. The van der Waals surface area contributed by atoms with Crippen LogP contribution in [0.25, 0.3) is 0 Å². The highest BCUT2D eigenvalue weighted by atomic mass is 16.5. The maximum Gasteiger partial charge on any atom is 0.326 e. The Hall–Kier alpha value is -2.86. The van der Waals surface area contributed by atoms with E-state index in [0.717, 1.165) is 36.2 Å². The van der Waals surface area contributed by atoms with E-state index in [1.54, 1.807) is 7.11 Å². The van der Waals surface area contributed by atoms with E-state index >= 15 is 0 Å². The second-order valence-corrected chi connectivity index (χ2v) is 6.88. The van der Waals surface area contributed by atoms with E-state index in [9.17, 15) is 9.59 Å². The number of methoxy groups -OCH3 is 1. The molecule has 0 unspecified atom stereocenters. The van der Waals surface area contributed by atoms with E-state index in [-0.39, 0.29) is 11.9 Å². The fourth-order valence-corrected chi connectivity index (χ4v) is 3.34. The van der Waals surface area contributed by atoms with Crippen molar-refractivity contribution in [2.24, 2.45) is 0 Å². The summed E-state index contributed by atoms with van der Waals surface area (Å²) in [5.41, 5.74) is 3.81. The summed E-state index contributed by atoms with van der Waals surface area (Å²) < 4.78 is 4.92. The molecule has 0 atom stereocenters. The quantitative estimate of drug-likeness (QED) is 0.754. The molecule has 3 amide bonds. The number of carbonyl (C=O) groups is 2. The molecule has 0 saturated carbocycles. The summed E-state index contributed by atoms with van der Waals surface area (Å²) in [6.07, 6.45) is 3.37. The van der Waals surface area contributed by atoms with E-state index in [2.05, 4.69) is 16.7 Å². The van der Waals surface area contributed by atoms with Crippen LogP contribution in [0, 0.1) is 0 Å². The first-order valence-corrected chi connectivity index (χ1v) is 9.68. The maximum atomic E-state index is 12.8. The molecule has 1 heterocycles. The Morgan fingerprint density at radius 2 is 1.86 bits per heavy atom. The summed E-state index contributed by atoms with van der Waals surface area (Å²) in [6.45, 7) is 1.71. The minimum Gasteiger partial charge on any atom is -0.383 e. The highest BCUT2D eigenvalue weighted by molar-refractivity contribution is 6.02. The van der Waals surface area contributed by atoms with Gasteiger partial charge in [0.2, 0.25) is 5.91 Å². The lowest BCUT2D eigenvalue weighted by Crippen LogP contribution is -2.35. The van der Waals surface area contributed by atoms with Gasteiger partial charge in [-0.25, -0.2) is 4.79 Å². The number of amides is 3.